The average molecular weight is 269 g/mol. The molecule has 0 bridgehead atoms. The minimum absolute atomic E-state index is 0.325. The first-order valence-electron chi connectivity index (χ1n) is 6.60. The summed E-state index contributed by atoms with van der Waals surface area (Å²) in [6.07, 6.45) is 6.21. The van der Waals surface area contributed by atoms with E-state index in [1.807, 2.05) is 18.2 Å². The van der Waals surface area contributed by atoms with Crippen LogP contribution in [0.1, 0.15) is 29.8 Å². The monoisotopic (exact) mass is 269 g/mol. The molecule has 1 aromatic heterocycles. The molecule has 1 aliphatic rings. The van der Waals surface area contributed by atoms with Gasteiger partial charge in [0.15, 0.2) is 5.82 Å². The molecule has 1 heterocycles. The molecule has 20 heavy (non-hydrogen) atoms. The second-order valence-electron chi connectivity index (χ2n) is 4.67. The molecule has 5 nitrogen and oxygen atoms in total. The van der Waals surface area contributed by atoms with Gasteiger partial charge in [0.25, 0.3) is 0 Å². The second-order valence-corrected chi connectivity index (χ2v) is 4.67. The molecule has 2 aromatic rings. The van der Waals surface area contributed by atoms with E-state index >= 15 is 0 Å². The molecule has 0 spiro atoms. The molecule has 3 rings (SSSR count). The van der Waals surface area contributed by atoms with E-state index in [1.165, 1.54) is 5.56 Å². The second kappa shape index (κ2) is 5.69. The van der Waals surface area contributed by atoms with Gasteiger partial charge in [-0.1, -0.05) is 11.2 Å². The van der Waals surface area contributed by atoms with Crippen LogP contribution in [-0.2, 0) is 13.0 Å². The first kappa shape index (κ1) is 12.6. The van der Waals surface area contributed by atoms with Crippen molar-refractivity contribution in [3.05, 3.63) is 53.6 Å². The lowest BCUT2D eigenvalue weighted by Gasteiger charge is -2.17. The fraction of sp³-hybridized carbons (Fsp3) is 0.267. The normalized spacial score (nSPS) is 15.9. The van der Waals surface area contributed by atoms with Gasteiger partial charge in [-0.3, -0.25) is 0 Å². The predicted octanol–water partition coefficient (Wildman–Crippen LogP) is 2.57. The van der Waals surface area contributed by atoms with Gasteiger partial charge in [-0.15, -0.1) is 0 Å². The van der Waals surface area contributed by atoms with Crippen molar-refractivity contribution in [3.8, 4) is 5.75 Å². The van der Waals surface area contributed by atoms with Crippen LogP contribution in [-0.4, -0.2) is 20.9 Å². The van der Waals surface area contributed by atoms with Gasteiger partial charge in [0, 0.05) is 18.0 Å². The van der Waals surface area contributed by atoms with E-state index in [9.17, 15) is 0 Å². The molecule has 0 aliphatic heterocycles. The Balaban J connectivity index is 1.78. The Morgan fingerprint density at radius 3 is 2.85 bits per heavy atom. The maximum atomic E-state index is 9.06. The summed E-state index contributed by atoms with van der Waals surface area (Å²) in [5.74, 6) is 1.38. The van der Waals surface area contributed by atoms with Crippen molar-refractivity contribution < 1.29 is 9.94 Å². The Labute approximate surface area is 117 Å². The van der Waals surface area contributed by atoms with E-state index in [1.54, 1.807) is 18.5 Å². The molecule has 102 valence electrons. The van der Waals surface area contributed by atoms with E-state index in [4.69, 9.17) is 9.94 Å². The number of oxime groups is 1. The Morgan fingerprint density at radius 1 is 1.20 bits per heavy atom. The highest BCUT2D eigenvalue weighted by atomic mass is 16.5. The molecule has 0 saturated heterocycles. The summed E-state index contributed by atoms with van der Waals surface area (Å²) in [5, 5.41) is 12.4. The minimum atomic E-state index is 0.325. The number of aromatic nitrogens is 2. The molecule has 0 radical (unpaired) electrons. The van der Waals surface area contributed by atoms with Crippen LogP contribution >= 0.6 is 0 Å². The van der Waals surface area contributed by atoms with E-state index in [-0.39, 0.29) is 0 Å². The Kier molecular flexibility index (Phi) is 3.58. The molecule has 5 heteroatoms. The van der Waals surface area contributed by atoms with Crippen LogP contribution in [0.15, 0.2) is 41.8 Å². The number of fused-ring (bicyclic) bond motifs is 1. The average Bonchev–Trinajstić information content (AvgIpc) is 2.53. The first-order valence-corrected chi connectivity index (χ1v) is 6.60. The summed E-state index contributed by atoms with van der Waals surface area (Å²) in [7, 11) is 0. The largest absolute Gasteiger partial charge is 0.486 e. The maximum absolute atomic E-state index is 9.06. The third kappa shape index (κ3) is 2.61. The predicted molar refractivity (Wildman–Crippen MR) is 74.1 cm³/mol. The van der Waals surface area contributed by atoms with Crippen molar-refractivity contribution >= 4 is 5.71 Å². The zero-order valence-electron chi connectivity index (χ0n) is 11.0. The lowest BCUT2D eigenvalue weighted by atomic mass is 9.90. The van der Waals surface area contributed by atoms with Crippen LogP contribution in [0.4, 0.5) is 0 Å². The third-order valence-electron chi connectivity index (χ3n) is 3.36. The highest BCUT2D eigenvalue weighted by molar-refractivity contribution is 6.02. The number of hydrogen-bond acceptors (Lipinski definition) is 5. The number of nitrogens with zero attached hydrogens (tertiary/aromatic N) is 3. The zero-order chi connectivity index (χ0) is 13.8. The number of ether oxygens (including phenoxy) is 1. The molecule has 0 atom stereocenters. The van der Waals surface area contributed by atoms with Gasteiger partial charge in [0.2, 0.25) is 0 Å². The third-order valence-corrected chi connectivity index (χ3v) is 3.36. The summed E-state index contributed by atoms with van der Waals surface area (Å²) < 4.78 is 5.69. The van der Waals surface area contributed by atoms with E-state index < -0.39 is 0 Å². The van der Waals surface area contributed by atoms with Crippen molar-refractivity contribution in [1.29, 1.82) is 0 Å². The molecule has 0 saturated carbocycles. The number of aryl methyl sites for hydroxylation is 1. The molecule has 1 N–H and O–H groups in total. The van der Waals surface area contributed by atoms with Crippen LogP contribution in [0.2, 0.25) is 0 Å². The smallest absolute Gasteiger partial charge is 0.166 e. The van der Waals surface area contributed by atoms with Crippen molar-refractivity contribution in [3.63, 3.8) is 0 Å². The topological polar surface area (TPSA) is 67.6 Å². The van der Waals surface area contributed by atoms with Crippen molar-refractivity contribution in [1.82, 2.24) is 9.97 Å². The highest BCUT2D eigenvalue weighted by Gasteiger charge is 2.16. The SMILES string of the molecule is O/N=C1/CCCc2ccc(OCc3ncccn3)cc21. The Bertz CT molecular complexity index is 626. The fourth-order valence-electron chi connectivity index (χ4n) is 2.37. The molecular weight excluding hydrogens is 254 g/mol. The van der Waals surface area contributed by atoms with Crippen molar-refractivity contribution in [2.24, 2.45) is 5.16 Å². The maximum Gasteiger partial charge on any atom is 0.166 e. The van der Waals surface area contributed by atoms with Gasteiger partial charge < -0.3 is 9.94 Å². The van der Waals surface area contributed by atoms with Crippen LogP contribution in [0.25, 0.3) is 0 Å². The van der Waals surface area contributed by atoms with Crippen LogP contribution in [0.3, 0.4) is 0 Å². The van der Waals surface area contributed by atoms with Gasteiger partial charge in [0.05, 0.1) is 5.71 Å². The summed E-state index contributed by atoms with van der Waals surface area (Å²) in [6.45, 7) is 0.325. The zero-order valence-corrected chi connectivity index (χ0v) is 11.0. The van der Waals surface area contributed by atoms with Gasteiger partial charge in [-0.05, 0) is 43.0 Å². The van der Waals surface area contributed by atoms with Gasteiger partial charge in [-0.2, -0.15) is 0 Å². The van der Waals surface area contributed by atoms with Gasteiger partial charge in [0.1, 0.15) is 12.4 Å². The number of hydrogen-bond donors (Lipinski definition) is 1. The first-order chi connectivity index (χ1) is 9.86. The molecule has 1 aromatic carbocycles. The molecule has 1 aliphatic carbocycles. The van der Waals surface area contributed by atoms with Crippen LogP contribution in [0, 0.1) is 0 Å². The van der Waals surface area contributed by atoms with Gasteiger partial charge in [-0.25, -0.2) is 9.97 Å². The van der Waals surface area contributed by atoms with E-state index in [2.05, 4.69) is 15.1 Å². The highest BCUT2D eigenvalue weighted by Crippen LogP contribution is 2.26. The van der Waals surface area contributed by atoms with Gasteiger partial charge >= 0.3 is 0 Å². The lowest BCUT2D eigenvalue weighted by molar-refractivity contribution is 0.295. The fourth-order valence-corrected chi connectivity index (χ4v) is 2.37. The number of rotatable bonds is 3. The van der Waals surface area contributed by atoms with E-state index in [0.717, 1.165) is 36.3 Å². The summed E-state index contributed by atoms with van der Waals surface area (Å²) in [4.78, 5) is 8.23. The Hall–Kier alpha value is -2.43. The number of benzene rings is 1. The van der Waals surface area contributed by atoms with Crippen LogP contribution in [0.5, 0.6) is 5.75 Å². The lowest BCUT2D eigenvalue weighted by Crippen LogP contribution is -2.12. The summed E-state index contributed by atoms with van der Waals surface area (Å²) in [6, 6.07) is 7.65. The molecular formula is C15H15N3O2. The quantitative estimate of drug-likeness (QED) is 0.687. The van der Waals surface area contributed by atoms with Crippen molar-refractivity contribution in [2.75, 3.05) is 0 Å². The molecule has 0 unspecified atom stereocenters. The molecule has 0 amide bonds. The Morgan fingerprint density at radius 2 is 2.05 bits per heavy atom. The minimum Gasteiger partial charge on any atom is -0.486 e. The summed E-state index contributed by atoms with van der Waals surface area (Å²) >= 11 is 0. The standard InChI is InChI=1S/C15H15N3O2/c19-18-14-4-1-3-11-5-6-12(9-13(11)14)20-10-15-16-7-2-8-17-15/h2,5-9,19H,1,3-4,10H2/b18-14-. The van der Waals surface area contributed by atoms with E-state index in [0.29, 0.717) is 12.4 Å². The summed E-state index contributed by atoms with van der Waals surface area (Å²) in [5.41, 5.74) is 2.91. The van der Waals surface area contributed by atoms with Crippen molar-refractivity contribution in [2.45, 2.75) is 25.9 Å². The van der Waals surface area contributed by atoms with Crippen LogP contribution < -0.4 is 4.74 Å². The molecule has 0 fully saturated rings.